The van der Waals surface area contributed by atoms with Gasteiger partial charge in [0.15, 0.2) is 0 Å². The molecule has 0 saturated heterocycles. The Balaban J connectivity index is 2.30. The van der Waals surface area contributed by atoms with E-state index < -0.39 is 0 Å². The molecule has 0 radical (unpaired) electrons. The first kappa shape index (κ1) is 14.2. The first-order valence-corrected chi connectivity index (χ1v) is 7.53. The van der Waals surface area contributed by atoms with Crippen LogP contribution in [0.15, 0.2) is 24.5 Å². The lowest BCUT2D eigenvalue weighted by Gasteiger charge is -2.09. The Morgan fingerprint density at radius 1 is 1.26 bits per heavy atom. The highest BCUT2D eigenvalue weighted by molar-refractivity contribution is 7.15. The summed E-state index contributed by atoms with van der Waals surface area (Å²) in [5, 5.41) is 4.54. The van der Waals surface area contributed by atoms with Crippen LogP contribution in [0.3, 0.4) is 0 Å². The minimum atomic E-state index is 0.450. The average molecular weight is 275 g/mol. The van der Waals surface area contributed by atoms with Crippen LogP contribution in [0.25, 0.3) is 10.6 Å². The number of hydrogen-bond donors (Lipinski definition) is 1. The van der Waals surface area contributed by atoms with E-state index in [0.717, 1.165) is 17.1 Å². The molecule has 0 aromatic carbocycles. The van der Waals surface area contributed by atoms with Gasteiger partial charge in [0.25, 0.3) is 0 Å². The Morgan fingerprint density at radius 2 is 2.05 bits per heavy atom. The Kier molecular flexibility index (Phi) is 4.66. The molecule has 1 N–H and O–H groups in total. The van der Waals surface area contributed by atoms with Gasteiger partial charge in [0.2, 0.25) is 0 Å². The highest BCUT2D eigenvalue weighted by Gasteiger charge is 2.15. The van der Waals surface area contributed by atoms with Crippen LogP contribution in [0, 0.1) is 0 Å². The van der Waals surface area contributed by atoms with E-state index in [4.69, 9.17) is 4.98 Å². The summed E-state index contributed by atoms with van der Waals surface area (Å²) in [6.45, 7) is 9.61. The van der Waals surface area contributed by atoms with Gasteiger partial charge in [-0.15, -0.1) is 11.3 Å². The van der Waals surface area contributed by atoms with Crippen molar-refractivity contribution in [2.75, 3.05) is 0 Å². The van der Waals surface area contributed by atoms with E-state index in [-0.39, 0.29) is 0 Å². The Hall–Kier alpha value is -1.26. The molecule has 102 valence electrons. The lowest BCUT2D eigenvalue weighted by Crippen LogP contribution is -2.22. The first-order valence-electron chi connectivity index (χ1n) is 6.71. The van der Waals surface area contributed by atoms with Crippen molar-refractivity contribution in [1.29, 1.82) is 0 Å². The van der Waals surface area contributed by atoms with Crippen LogP contribution in [0.1, 0.15) is 44.2 Å². The van der Waals surface area contributed by atoms with E-state index in [9.17, 15) is 0 Å². The molecule has 19 heavy (non-hydrogen) atoms. The van der Waals surface area contributed by atoms with Crippen LogP contribution < -0.4 is 5.32 Å². The lowest BCUT2D eigenvalue weighted by atomic mass is 10.1. The second-order valence-corrected chi connectivity index (χ2v) is 6.34. The third-order valence-electron chi connectivity index (χ3n) is 2.85. The molecular formula is C15H21N3S. The molecule has 0 atom stereocenters. The normalized spacial score (nSPS) is 11.5. The van der Waals surface area contributed by atoms with Crippen molar-refractivity contribution >= 4 is 11.3 Å². The molecule has 3 nitrogen and oxygen atoms in total. The zero-order chi connectivity index (χ0) is 13.8. The summed E-state index contributed by atoms with van der Waals surface area (Å²) in [4.78, 5) is 10.3. The quantitative estimate of drug-likeness (QED) is 0.901. The van der Waals surface area contributed by atoms with E-state index in [1.165, 1.54) is 10.6 Å². The fraction of sp³-hybridized carbons (Fsp3) is 0.467. The lowest BCUT2D eigenvalue weighted by molar-refractivity contribution is 0.588. The first-order chi connectivity index (χ1) is 9.08. The standard InChI is InChI=1S/C15H21N3S/c1-10(2)14-13(9-17-11(3)4)19-15(18-14)12-6-5-7-16-8-12/h5-8,10-11,17H,9H2,1-4H3. The van der Waals surface area contributed by atoms with Gasteiger partial charge >= 0.3 is 0 Å². The van der Waals surface area contributed by atoms with Gasteiger partial charge in [0.1, 0.15) is 5.01 Å². The van der Waals surface area contributed by atoms with Gasteiger partial charge in [0.05, 0.1) is 5.69 Å². The molecule has 0 bridgehead atoms. The van der Waals surface area contributed by atoms with Crippen LogP contribution in [0.2, 0.25) is 0 Å². The van der Waals surface area contributed by atoms with Crippen LogP contribution in [0.5, 0.6) is 0 Å². The Morgan fingerprint density at radius 3 is 2.63 bits per heavy atom. The fourth-order valence-electron chi connectivity index (χ4n) is 1.85. The van der Waals surface area contributed by atoms with E-state index in [0.29, 0.717) is 12.0 Å². The molecule has 0 fully saturated rings. The number of nitrogens with zero attached hydrogens (tertiary/aromatic N) is 2. The van der Waals surface area contributed by atoms with Crippen molar-refractivity contribution in [1.82, 2.24) is 15.3 Å². The van der Waals surface area contributed by atoms with Crippen molar-refractivity contribution in [3.05, 3.63) is 35.1 Å². The molecule has 4 heteroatoms. The van der Waals surface area contributed by atoms with Gasteiger partial charge in [-0.1, -0.05) is 27.7 Å². The number of hydrogen-bond acceptors (Lipinski definition) is 4. The summed E-state index contributed by atoms with van der Waals surface area (Å²) in [5.41, 5.74) is 2.31. The zero-order valence-electron chi connectivity index (χ0n) is 12.0. The fourth-order valence-corrected chi connectivity index (χ4v) is 3.01. The molecule has 2 heterocycles. The average Bonchev–Trinajstić information content (AvgIpc) is 2.81. The van der Waals surface area contributed by atoms with Gasteiger partial charge in [0, 0.05) is 35.4 Å². The summed E-state index contributed by atoms with van der Waals surface area (Å²) in [7, 11) is 0. The van der Waals surface area contributed by atoms with Gasteiger partial charge in [-0.05, 0) is 18.1 Å². The highest BCUT2D eigenvalue weighted by Crippen LogP contribution is 2.31. The Labute approximate surface area is 119 Å². The molecule has 0 saturated carbocycles. The molecule has 0 amide bonds. The van der Waals surface area contributed by atoms with Crippen molar-refractivity contribution in [2.45, 2.75) is 46.2 Å². The largest absolute Gasteiger partial charge is 0.310 e. The second kappa shape index (κ2) is 6.26. The maximum absolute atomic E-state index is 4.80. The van der Waals surface area contributed by atoms with Crippen LogP contribution in [-0.2, 0) is 6.54 Å². The van der Waals surface area contributed by atoms with Crippen molar-refractivity contribution in [2.24, 2.45) is 0 Å². The van der Waals surface area contributed by atoms with Crippen molar-refractivity contribution in [3.63, 3.8) is 0 Å². The SMILES string of the molecule is CC(C)NCc1sc(-c2cccnc2)nc1C(C)C. The Bertz CT molecular complexity index is 517. The molecular weight excluding hydrogens is 254 g/mol. The molecule has 2 rings (SSSR count). The molecule has 0 aliphatic rings. The van der Waals surface area contributed by atoms with Crippen LogP contribution in [0.4, 0.5) is 0 Å². The van der Waals surface area contributed by atoms with E-state index in [1.54, 1.807) is 17.5 Å². The van der Waals surface area contributed by atoms with E-state index in [1.807, 2.05) is 12.3 Å². The summed E-state index contributed by atoms with van der Waals surface area (Å²) in [6.07, 6.45) is 3.67. The zero-order valence-corrected chi connectivity index (χ0v) is 12.8. The third kappa shape index (κ3) is 3.61. The minimum absolute atomic E-state index is 0.450. The highest BCUT2D eigenvalue weighted by atomic mass is 32.1. The van der Waals surface area contributed by atoms with Gasteiger partial charge in [-0.2, -0.15) is 0 Å². The molecule has 0 unspecified atom stereocenters. The van der Waals surface area contributed by atoms with Crippen LogP contribution in [-0.4, -0.2) is 16.0 Å². The van der Waals surface area contributed by atoms with Gasteiger partial charge < -0.3 is 5.32 Å². The molecule has 0 aliphatic heterocycles. The topological polar surface area (TPSA) is 37.8 Å². The summed E-state index contributed by atoms with van der Waals surface area (Å²) >= 11 is 1.77. The molecule has 0 aliphatic carbocycles. The van der Waals surface area contributed by atoms with Crippen molar-refractivity contribution in [3.8, 4) is 10.6 Å². The third-order valence-corrected chi connectivity index (χ3v) is 3.97. The predicted molar refractivity (Wildman–Crippen MR) is 81.4 cm³/mol. The number of rotatable bonds is 5. The summed E-state index contributed by atoms with van der Waals surface area (Å²) in [5.74, 6) is 0.450. The molecule has 2 aromatic rings. The van der Waals surface area contributed by atoms with E-state index in [2.05, 4.69) is 44.1 Å². The van der Waals surface area contributed by atoms with E-state index >= 15 is 0 Å². The maximum atomic E-state index is 4.80. The summed E-state index contributed by atoms with van der Waals surface area (Å²) in [6, 6.07) is 4.51. The van der Waals surface area contributed by atoms with Gasteiger partial charge in [-0.25, -0.2) is 4.98 Å². The second-order valence-electron chi connectivity index (χ2n) is 5.26. The molecule has 0 spiro atoms. The number of pyridine rings is 1. The number of aromatic nitrogens is 2. The van der Waals surface area contributed by atoms with Crippen molar-refractivity contribution < 1.29 is 0 Å². The predicted octanol–water partition coefficient (Wildman–Crippen LogP) is 3.83. The molecule has 2 aromatic heterocycles. The smallest absolute Gasteiger partial charge is 0.125 e. The number of nitrogens with one attached hydrogen (secondary N) is 1. The number of thiazole rings is 1. The minimum Gasteiger partial charge on any atom is -0.310 e. The summed E-state index contributed by atoms with van der Waals surface area (Å²) < 4.78 is 0. The van der Waals surface area contributed by atoms with Crippen LogP contribution >= 0.6 is 11.3 Å². The monoisotopic (exact) mass is 275 g/mol. The van der Waals surface area contributed by atoms with Gasteiger partial charge in [-0.3, -0.25) is 4.98 Å². The maximum Gasteiger partial charge on any atom is 0.125 e.